The lowest BCUT2D eigenvalue weighted by molar-refractivity contribution is -0.127. The minimum atomic E-state index is 0. The number of hydrogen-bond donors (Lipinski definition) is 3. The number of aromatic amines is 1. The van der Waals surface area contributed by atoms with Crippen molar-refractivity contribution in [3.63, 3.8) is 0 Å². The third-order valence-electron chi connectivity index (χ3n) is 5.52. The van der Waals surface area contributed by atoms with Gasteiger partial charge in [-0.05, 0) is 24.1 Å². The Morgan fingerprint density at radius 3 is 2.82 bits per heavy atom. The van der Waals surface area contributed by atoms with Crippen LogP contribution in [0, 0.1) is 5.92 Å². The lowest BCUT2D eigenvalue weighted by Gasteiger charge is -2.18. The van der Waals surface area contributed by atoms with Gasteiger partial charge in [0.2, 0.25) is 11.7 Å². The summed E-state index contributed by atoms with van der Waals surface area (Å²) in [6.45, 7) is 2.91. The highest BCUT2D eigenvalue weighted by molar-refractivity contribution is 14.0. The van der Waals surface area contributed by atoms with E-state index in [2.05, 4.69) is 42.9 Å². The second kappa shape index (κ2) is 12.4. The number of H-pyrrole nitrogens is 1. The number of rotatable bonds is 9. The van der Waals surface area contributed by atoms with Crippen LogP contribution in [0.15, 0.2) is 58.1 Å². The first kappa shape index (κ1) is 24.7. The van der Waals surface area contributed by atoms with Crippen molar-refractivity contribution in [2.75, 3.05) is 33.2 Å². The number of benzene rings is 1. The van der Waals surface area contributed by atoms with Gasteiger partial charge in [-0.1, -0.05) is 30.3 Å². The molecule has 1 aromatic carbocycles. The van der Waals surface area contributed by atoms with Gasteiger partial charge in [-0.15, -0.1) is 24.0 Å². The van der Waals surface area contributed by atoms with Gasteiger partial charge in [0.05, 0.1) is 6.26 Å². The molecule has 2 aromatic heterocycles. The lowest BCUT2D eigenvalue weighted by Crippen LogP contribution is -2.41. The second-order valence-electron chi connectivity index (χ2n) is 7.86. The van der Waals surface area contributed by atoms with Gasteiger partial charge in [-0.2, -0.15) is 5.10 Å². The van der Waals surface area contributed by atoms with E-state index in [9.17, 15) is 4.79 Å². The Morgan fingerprint density at radius 1 is 1.21 bits per heavy atom. The zero-order valence-electron chi connectivity index (χ0n) is 18.7. The molecule has 1 amide bonds. The largest absolute Gasteiger partial charge is 0.461 e. The second-order valence-corrected chi connectivity index (χ2v) is 7.86. The molecule has 0 aliphatic carbocycles. The summed E-state index contributed by atoms with van der Waals surface area (Å²) in [4.78, 5) is 23.0. The molecular formula is C23H30IN7O2. The van der Waals surface area contributed by atoms with Gasteiger partial charge in [-0.25, -0.2) is 4.98 Å². The maximum Gasteiger partial charge on any atom is 0.223 e. The van der Waals surface area contributed by atoms with Crippen molar-refractivity contribution in [3.8, 4) is 11.6 Å². The Bertz CT molecular complexity index is 1020. The number of likely N-dealkylation sites (tertiary alicyclic amines) is 1. The van der Waals surface area contributed by atoms with E-state index in [1.165, 1.54) is 5.56 Å². The van der Waals surface area contributed by atoms with E-state index in [-0.39, 0.29) is 35.8 Å². The Balaban J connectivity index is 0.00000306. The third-order valence-corrected chi connectivity index (χ3v) is 5.52. The summed E-state index contributed by atoms with van der Waals surface area (Å²) in [5.41, 5.74) is 1.26. The van der Waals surface area contributed by atoms with Crippen molar-refractivity contribution < 1.29 is 9.21 Å². The first-order valence-corrected chi connectivity index (χ1v) is 10.9. The molecule has 9 nitrogen and oxygen atoms in total. The molecule has 10 heteroatoms. The molecule has 1 atom stereocenters. The van der Waals surface area contributed by atoms with E-state index >= 15 is 0 Å². The number of carbonyl (C=O) groups excluding carboxylic acids is 1. The van der Waals surface area contributed by atoms with E-state index in [1.807, 2.05) is 35.2 Å². The Hall–Kier alpha value is -2.89. The monoisotopic (exact) mass is 563 g/mol. The zero-order valence-corrected chi connectivity index (χ0v) is 21.0. The van der Waals surface area contributed by atoms with Gasteiger partial charge in [-0.3, -0.25) is 14.9 Å². The molecule has 0 radical (unpaired) electrons. The number of aliphatic imine (C=N–C) groups is 1. The zero-order chi connectivity index (χ0) is 22.2. The molecule has 1 unspecified atom stereocenters. The first-order valence-electron chi connectivity index (χ1n) is 10.9. The number of aromatic nitrogens is 3. The fraction of sp³-hybridized carbons (Fsp3) is 0.391. The lowest BCUT2D eigenvalue weighted by atomic mass is 10.1. The van der Waals surface area contributed by atoms with Crippen molar-refractivity contribution in [2.45, 2.75) is 19.3 Å². The van der Waals surface area contributed by atoms with Gasteiger partial charge in [0.25, 0.3) is 0 Å². The minimum absolute atomic E-state index is 0. The average molecular weight is 563 g/mol. The predicted molar refractivity (Wildman–Crippen MR) is 137 cm³/mol. The number of furan rings is 1. The van der Waals surface area contributed by atoms with Crippen LogP contribution in [0.5, 0.6) is 0 Å². The first-order chi connectivity index (χ1) is 15.7. The van der Waals surface area contributed by atoms with Crippen LogP contribution in [0.2, 0.25) is 0 Å². The molecule has 33 heavy (non-hydrogen) atoms. The van der Waals surface area contributed by atoms with Crippen molar-refractivity contribution in [2.24, 2.45) is 10.9 Å². The van der Waals surface area contributed by atoms with Crippen molar-refractivity contribution in [3.05, 3.63) is 60.1 Å². The molecule has 176 valence electrons. The maximum absolute atomic E-state index is 12.4. The van der Waals surface area contributed by atoms with Crippen LogP contribution >= 0.6 is 24.0 Å². The summed E-state index contributed by atoms with van der Waals surface area (Å²) in [7, 11) is 1.74. The van der Waals surface area contributed by atoms with Gasteiger partial charge < -0.3 is 20.0 Å². The fourth-order valence-electron chi connectivity index (χ4n) is 3.80. The quantitative estimate of drug-likeness (QED) is 0.210. The molecule has 0 bridgehead atoms. The molecular weight excluding hydrogens is 533 g/mol. The number of amides is 1. The van der Waals surface area contributed by atoms with Crippen LogP contribution in [0.3, 0.4) is 0 Å². The van der Waals surface area contributed by atoms with Crippen molar-refractivity contribution in [1.82, 2.24) is 30.7 Å². The summed E-state index contributed by atoms with van der Waals surface area (Å²) in [5, 5.41) is 13.7. The number of halogens is 1. The Kier molecular flexibility index (Phi) is 9.28. The molecule has 1 aliphatic rings. The minimum Gasteiger partial charge on any atom is -0.461 e. The van der Waals surface area contributed by atoms with Crippen molar-refractivity contribution in [1.29, 1.82) is 0 Å². The van der Waals surface area contributed by atoms with Gasteiger partial charge in [0, 0.05) is 52.0 Å². The summed E-state index contributed by atoms with van der Waals surface area (Å²) < 4.78 is 5.31. The molecule has 0 saturated carbocycles. The number of carbonyl (C=O) groups is 1. The van der Waals surface area contributed by atoms with E-state index in [1.54, 1.807) is 13.3 Å². The number of guanidine groups is 1. The summed E-state index contributed by atoms with van der Waals surface area (Å²) in [5.74, 6) is 3.19. The fourth-order valence-corrected chi connectivity index (χ4v) is 3.80. The van der Waals surface area contributed by atoms with Crippen LogP contribution in [0.1, 0.15) is 17.8 Å². The van der Waals surface area contributed by atoms with Gasteiger partial charge in [0.1, 0.15) is 5.82 Å². The van der Waals surface area contributed by atoms with E-state index < -0.39 is 0 Å². The van der Waals surface area contributed by atoms with E-state index in [4.69, 9.17) is 4.42 Å². The summed E-state index contributed by atoms with van der Waals surface area (Å²) in [6.07, 6.45) is 3.73. The van der Waals surface area contributed by atoms with E-state index in [0.29, 0.717) is 43.5 Å². The Morgan fingerprint density at radius 2 is 2.06 bits per heavy atom. The molecule has 1 saturated heterocycles. The SMILES string of the molecule is CN=C(NCCc1nc(-c2ccco2)n[nH]1)NCC1CC(=O)N(CCc2ccccc2)C1.I. The molecule has 1 aliphatic heterocycles. The van der Waals surface area contributed by atoms with Gasteiger partial charge >= 0.3 is 0 Å². The smallest absolute Gasteiger partial charge is 0.223 e. The molecule has 3 heterocycles. The molecule has 0 spiro atoms. The van der Waals surface area contributed by atoms with E-state index in [0.717, 1.165) is 25.3 Å². The maximum atomic E-state index is 12.4. The van der Waals surface area contributed by atoms with Crippen LogP contribution < -0.4 is 10.6 Å². The highest BCUT2D eigenvalue weighted by Crippen LogP contribution is 2.18. The highest BCUT2D eigenvalue weighted by Gasteiger charge is 2.29. The number of nitrogens with one attached hydrogen (secondary N) is 3. The van der Waals surface area contributed by atoms with Crippen LogP contribution in [-0.4, -0.2) is 65.2 Å². The molecule has 1 fully saturated rings. The van der Waals surface area contributed by atoms with Crippen molar-refractivity contribution >= 4 is 35.8 Å². The molecule has 3 aromatic rings. The van der Waals surface area contributed by atoms with Crippen LogP contribution in [0.25, 0.3) is 11.6 Å². The van der Waals surface area contributed by atoms with Gasteiger partial charge in [0.15, 0.2) is 11.7 Å². The van der Waals surface area contributed by atoms with Crippen LogP contribution in [-0.2, 0) is 17.6 Å². The summed E-state index contributed by atoms with van der Waals surface area (Å²) in [6, 6.07) is 13.9. The summed E-state index contributed by atoms with van der Waals surface area (Å²) >= 11 is 0. The number of hydrogen-bond acceptors (Lipinski definition) is 5. The average Bonchev–Trinajstić information content (AvgIpc) is 3.57. The Labute approximate surface area is 210 Å². The highest BCUT2D eigenvalue weighted by atomic mass is 127. The normalized spacial score (nSPS) is 16.0. The third kappa shape index (κ3) is 7.04. The molecule has 3 N–H and O–H groups in total. The van der Waals surface area contributed by atoms with Crippen LogP contribution in [0.4, 0.5) is 0 Å². The molecule has 4 rings (SSSR count). The standard InChI is InChI=1S/C23H29N7O2.HI/c1-24-23(25-11-9-20-27-22(29-28-20)19-8-5-13-32-19)26-15-18-14-21(31)30(16-18)12-10-17-6-3-2-4-7-17;/h2-8,13,18H,9-12,14-16H2,1H3,(H2,24,25,26)(H,27,28,29);1H. The predicted octanol–water partition coefficient (Wildman–Crippen LogP) is 2.48. The topological polar surface area (TPSA) is 111 Å². The number of nitrogens with zero attached hydrogens (tertiary/aromatic N) is 4.